The Morgan fingerprint density at radius 3 is 2.22 bits per heavy atom. The smallest absolute Gasteiger partial charge is 0.326 e. The van der Waals surface area contributed by atoms with E-state index in [2.05, 4.69) is 0 Å². The van der Waals surface area contributed by atoms with Crippen molar-refractivity contribution in [2.75, 3.05) is 27.7 Å². The number of carbonyl (C=O) groups is 3. The highest BCUT2D eigenvalue weighted by molar-refractivity contribution is 5.99. The van der Waals surface area contributed by atoms with Crippen molar-refractivity contribution < 1.29 is 24.2 Å². The van der Waals surface area contributed by atoms with Crippen LogP contribution in [0.1, 0.15) is 27.1 Å². The zero-order valence-electron chi connectivity index (χ0n) is 13.4. The first-order chi connectivity index (χ1) is 10.8. The standard InChI is InChI=1S/C16H20N2O5/c1-17(2)14(19)10-4-6-11(7-5-10)15(20)18-9-12(23-3)8-13(18)16(21)22/h4-7,12-13H,8-9H2,1-3H3,(H,21,22). The molecule has 1 N–H and O–H groups in total. The van der Waals surface area contributed by atoms with E-state index in [1.165, 1.54) is 29.0 Å². The number of benzene rings is 1. The van der Waals surface area contributed by atoms with Crippen LogP contribution >= 0.6 is 0 Å². The minimum atomic E-state index is -1.04. The maximum atomic E-state index is 12.6. The molecule has 1 saturated heterocycles. The van der Waals surface area contributed by atoms with Gasteiger partial charge in [0.2, 0.25) is 0 Å². The van der Waals surface area contributed by atoms with Crippen LogP contribution in [0.3, 0.4) is 0 Å². The predicted molar refractivity (Wildman–Crippen MR) is 82.3 cm³/mol. The third kappa shape index (κ3) is 3.50. The molecule has 0 aromatic heterocycles. The van der Waals surface area contributed by atoms with Crippen LogP contribution in [0.25, 0.3) is 0 Å². The lowest BCUT2D eigenvalue weighted by Gasteiger charge is -2.21. The second kappa shape index (κ2) is 6.78. The van der Waals surface area contributed by atoms with E-state index in [1.807, 2.05) is 0 Å². The number of methoxy groups -OCH3 is 1. The highest BCUT2D eigenvalue weighted by Crippen LogP contribution is 2.23. The van der Waals surface area contributed by atoms with Gasteiger partial charge in [0.05, 0.1) is 6.10 Å². The van der Waals surface area contributed by atoms with Crippen molar-refractivity contribution in [2.24, 2.45) is 0 Å². The van der Waals surface area contributed by atoms with Gasteiger partial charge < -0.3 is 19.6 Å². The van der Waals surface area contributed by atoms with E-state index < -0.39 is 12.0 Å². The number of aliphatic carboxylic acids is 1. The van der Waals surface area contributed by atoms with E-state index in [-0.39, 0.29) is 30.9 Å². The molecule has 0 spiro atoms. The Morgan fingerprint density at radius 2 is 1.74 bits per heavy atom. The molecule has 0 saturated carbocycles. The number of carboxylic acid groups (broad SMARTS) is 1. The van der Waals surface area contributed by atoms with Crippen LogP contribution in [0.5, 0.6) is 0 Å². The Morgan fingerprint density at radius 1 is 1.17 bits per heavy atom. The molecule has 7 nitrogen and oxygen atoms in total. The van der Waals surface area contributed by atoms with Crippen molar-refractivity contribution in [2.45, 2.75) is 18.6 Å². The van der Waals surface area contributed by atoms with Gasteiger partial charge in [0.15, 0.2) is 0 Å². The van der Waals surface area contributed by atoms with Crippen LogP contribution in [-0.4, -0.2) is 72.6 Å². The second-order valence-corrected chi connectivity index (χ2v) is 5.68. The Kier molecular flexibility index (Phi) is 5.00. The third-order valence-corrected chi connectivity index (χ3v) is 3.93. The van der Waals surface area contributed by atoms with Crippen molar-refractivity contribution >= 4 is 17.8 Å². The minimum Gasteiger partial charge on any atom is -0.480 e. The number of carbonyl (C=O) groups excluding carboxylic acids is 2. The van der Waals surface area contributed by atoms with Gasteiger partial charge in [-0.05, 0) is 24.3 Å². The predicted octanol–water partition coefficient (Wildman–Crippen LogP) is 0.702. The third-order valence-electron chi connectivity index (χ3n) is 3.93. The molecule has 0 aliphatic carbocycles. The first kappa shape index (κ1) is 17.0. The van der Waals surface area contributed by atoms with Crippen LogP contribution in [0, 0.1) is 0 Å². The Labute approximate surface area is 134 Å². The molecule has 1 aromatic rings. The molecule has 7 heteroatoms. The van der Waals surface area contributed by atoms with E-state index in [9.17, 15) is 19.5 Å². The lowest BCUT2D eigenvalue weighted by molar-refractivity contribution is -0.141. The molecule has 1 heterocycles. The van der Waals surface area contributed by atoms with Gasteiger partial charge in [0.1, 0.15) is 6.04 Å². The summed E-state index contributed by atoms with van der Waals surface area (Å²) in [7, 11) is 4.79. The van der Waals surface area contributed by atoms with Gasteiger partial charge >= 0.3 is 5.97 Å². The molecule has 0 bridgehead atoms. The molecule has 1 aromatic carbocycles. The molecule has 2 rings (SSSR count). The Bertz CT molecular complexity index is 611. The molecule has 1 fully saturated rings. The van der Waals surface area contributed by atoms with Gasteiger partial charge in [0.25, 0.3) is 11.8 Å². The van der Waals surface area contributed by atoms with Crippen LogP contribution < -0.4 is 0 Å². The zero-order valence-corrected chi connectivity index (χ0v) is 13.4. The fourth-order valence-corrected chi connectivity index (χ4v) is 2.61. The van der Waals surface area contributed by atoms with Gasteiger partial charge in [0, 0.05) is 45.3 Å². The quantitative estimate of drug-likeness (QED) is 0.882. The van der Waals surface area contributed by atoms with Gasteiger partial charge in [-0.3, -0.25) is 9.59 Å². The number of rotatable bonds is 4. The summed E-state index contributed by atoms with van der Waals surface area (Å²) >= 11 is 0. The van der Waals surface area contributed by atoms with Crippen LogP contribution in [0.2, 0.25) is 0 Å². The lowest BCUT2D eigenvalue weighted by atomic mass is 10.1. The maximum absolute atomic E-state index is 12.6. The van der Waals surface area contributed by atoms with Crippen LogP contribution in [0.4, 0.5) is 0 Å². The Balaban J connectivity index is 2.19. The average Bonchev–Trinajstić information content (AvgIpc) is 2.98. The largest absolute Gasteiger partial charge is 0.480 e. The molecule has 1 aliphatic rings. The topological polar surface area (TPSA) is 87.1 Å². The highest BCUT2D eigenvalue weighted by atomic mass is 16.5. The first-order valence-electron chi connectivity index (χ1n) is 7.23. The molecule has 0 radical (unpaired) electrons. The molecule has 2 amide bonds. The van der Waals surface area contributed by atoms with Gasteiger partial charge in [-0.2, -0.15) is 0 Å². The number of nitrogens with zero attached hydrogens (tertiary/aromatic N) is 2. The number of carboxylic acids is 1. The first-order valence-corrected chi connectivity index (χ1v) is 7.23. The van der Waals surface area contributed by atoms with Crippen molar-refractivity contribution in [3.63, 3.8) is 0 Å². The van der Waals surface area contributed by atoms with E-state index in [1.54, 1.807) is 26.2 Å². The average molecular weight is 320 g/mol. The van der Waals surface area contributed by atoms with Gasteiger partial charge in [-0.1, -0.05) is 0 Å². The van der Waals surface area contributed by atoms with Crippen molar-refractivity contribution in [3.8, 4) is 0 Å². The number of ether oxygens (including phenoxy) is 1. The highest BCUT2D eigenvalue weighted by Gasteiger charge is 2.40. The molecular formula is C16H20N2O5. The monoisotopic (exact) mass is 320 g/mol. The molecule has 2 atom stereocenters. The number of likely N-dealkylation sites (tertiary alicyclic amines) is 1. The number of hydrogen-bond donors (Lipinski definition) is 1. The SMILES string of the molecule is COC1CC(C(=O)O)N(C(=O)c2ccc(C(=O)N(C)C)cc2)C1. The Hall–Kier alpha value is -2.41. The summed E-state index contributed by atoms with van der Waals surface area (Å²) in [6.45, 7) is 0.241. The lowest BCUT2D eigenvalue weighted by Crippen LogP contribution is -2.40. The number of amides is 2. The summed E-state index contributed by atoms with van der Waals surface area (Å²) in [5, 5.41) is 9.27. The van der Waals surface area contributed by atoms with Crippen LogP contribution in [-0.2, 0) is 9.53 Å². The zero-order chi connectivity index (χ0) is 17.1. The molecular weight excluding hydrogens is 300 g/mol. The molecule has 124 valence electrons. The van der Waals surface area contributed by atoms with E-state index in [0.717, 1.165) is 0 Å². The summed E-state index contributed by atoms with van der Waals surface area (Å²) < 4.78 is 5.18. The van der Waals surface area contributed by atoms with Crippen molar-refractivity contribution in [3.05, 3.63) is 35.4 Å². The van der Waals surface area contributed by atoms with Crippen LogP contribution in [0.15, 0.2) is 24.3 Å². The summed E-state index contributed by atoms with van der Waals surface area (Å²) in [4.78, 5) is 38.5. The van der Waals surface area contributed by atoms with Crippen molar-refractivity contribution in [1.29, 1.82) is 0 Å². The minimum absolute atomic E-state index is 0.159. The fourth-order valence-electron chi connectivity index (χ4n) is 2.61. The summed E-state index contributed by atoms with van der Waals surface area (Å²) in [5.41, 5.74) is 0.820. The van der Waals surface area contributed by atoms with E-state index in [4.69, 9.17) is 4.74 Å². The summed E-state index contributed by atoms with van der Waals surface area (Å²) in [5.74, 6) is -1.58. The van der Waals surface area contributed by atoms with E-state index in [0.29, 0.717) is 11.1 Å². The van der Waals surface area contributed by atoms with E-state index >= 15 is 0 Å². The van der Waals surface area contributed by atoms with Crippen molar-refractivity contribution in [1.82, 2.24) is 9.80 Å². The second-order valence-electron chi connectivity index (χ2n) is 5.68. The summed E-state index contributed by atoms with van der Waals surface area (Å²) in [6, 6.07) is 5.32. The van der Waals surface area contributed by atoms with Gasteiger partial charge in [-0.25, -0.2) is 4.79 Å². The summed E-state index contributed by atoms with van der Waals surface area (Å²) in [6.07, 6.45) is -0.0101. The fraction of sp³-hybridized carbons (Fsp3) is 0.438. The molecule has 2 unspecified atom stereocenters. The molecule has 1 aliphatic heterocycles. The molecule has 23 heavy (non-hydrogen) atoms. The number of hydrogen-bond acceptors (Lipinski definition) is 4. The normalized spacial score (nSPS) is 20.4. The van der Waals surface area contributed by atoms with Gasteiger partial charge in [-0.15, -0.1) is 0 Å². The maximum Gasteiger partial charge on any atom is 0.326 e.